The average Bonchev–Trinajstić information content (AvgIpc) is 2.43. The number of rotatable bonds is 7. The molecular weight excluding hydrogens is 322 g/mol. The molecule has 1 fully saturated rings. The minimum atomic E-state index is -3.72. The van der Waals surface area contributed by atoms with Crippen molar-refractivity contribution >= 4 is 16.0 Å². The van der Waals surface area contributed by atoms with Crippen LogP contribution in [-0.2, 0) is 19.6 Å². The standard InChI is InChI=1S/C15H21NO6S/c1-4-22-12-6-5-10(2)7-13(12)23(19,20)16-8-11(9-16)14(21-3)15(17)18/h5-7,11,14H,4,8-9H2,1-3H3,(H,17,18). The maximum Gasteiger partial charge on any atom is 0.333 e. The summed E-state index contributed by atoms with van der Waals surface area (Å²) in [5.41, 5.74) is 0.810. The minimum Gasteiger partial charge on any atom is -0.492 e. The topological polar surface area (TPSA) is 93.1 Å². The van der Waals surface area contributed by atoms with Crippen LogP contribution in [0.5, 0.6) is 5.75 Å². The van der Waals surface area contributed by atoms with Crippen LogP contribution in [0.15, 0.2) is 23.1 Å². The van der Waals surface area contributed by atoms with Crippen molar-refractivity contribution in [2.75, 3.05) is 26.8 Å². The van der Waals surface area contributed by atoms with Gasteiger partial charge in [-0.25, -0.2) is 13.2 Å². The Bertz CT molecular complexity index is 681. The molecule has 0 saturated carbocycles. The van der Waals surface area contributed by atoms with Gasteiger partial charge in [-0.2, -0.15) is 4.31 Å². The second-order valence-corrected chi connectivity index (χ2v) is 7.37. The molecule has 0 bridgehead atoms. The number of carboxylic acids is 1. The molecule has 128 valence electrons. The van der Waals surface area contributed by atoms with Crippen molar-refractivity contribution in [3.05, 3.63) is 23.8 Å². The number of hydrogen-bond acceptors (Lipinski definition) is 5. The Morgan fingerprint density at radius 1 is 1.43 bits per heavy atom. The highest BCUT2D eigenvalue weighted by Gasteiger charge is 2.44. The number of hydrogen-bond donors (Lipinski definition) is 1. The van der Waals surface area contributed by atoms with Crippen molar-refractivity contribution in [3.8, 4) is 5.75 Å². The Labute approximate surface area is 135 Å². The molecule has 0 spiro atoms. The highest BCUT2D eigenvalue weighted by Crippen LogP contribution is 2.33. The van der Waals surface area contributed by atoms with Gasteiger partial charge in [0.25, 0.3) is 0 Å². The molecule has 0 aromatic heterocycles. The number of aliphatic carboxylic acids is 1. The van der Waals surface area contributed by atoms with Crippen LogP contribution in [0.3, 0.4) is 0 Å². The van der Waals surface area contributed by atoms with E-state index in [0.717, 1.165) is 5.56 Å². The molecule has 2 rings (SSSR count). The Morgan fingerprint density at radius 3 is 2.61 bits per heavy atom. The molecule has 0 radical (unpaired) electrons. The van der Waals surface area contributed by atoms with E-state index in [2.05, 4.69) is 0 Å². The fourth-order valence-electron chi connectivity index (χ4n) is 2.58. The lowest BCUT2D eigenvalue weighted by atomic mass is 9.96. The van der Waals surface area contributed by atoms with Crippen molar-refractivity contribution < 1.29 is 27.8 Å². The van der Waals surface area contributed by atoms with Gasteiger partial charge in [-0.05, 0) is 31.5 Å². The number of methoxy groups -OCH3 is 1. The number of sulfonamides is 1. The molecule has 1 saturated heterocycles. The molecule has 1 aromatic carbocycles. The fraction of sp³-hybridized carbons (Fsp3) is 0.533. The smallest absolute Gasteiger partial charge is 0.333 e. The predicted octanol–water partition coefficient (Wildman–Crippen LogP) is 1.11. The molecule has 1 aliphatic heterocycles. The summed E-state index contributed by atoms with van der Waals surface area (Å²) >= 11 is 0. The first-order valence-electron chi connectivity index (χ1n) is 7.30. The number of ether oxygens (including phenoxy) is 2. The van der Waals surface area contributed by atoms with Crippen LogP contribution in [0.1, 0.15) is 12.5 Å². The zero-order valence-corrected chi connectivity index (χ0v) is 14.2. The van der Waals surface area contributed by atoms with E-state index in [1.807, 2.05) is 0 Å². The van der Waals surface area contributed by atoms with Crippen molar-refractivity contribution in [3.63, 3.8) is 0 Å². The van der Waals surface area contributed by atoms with Crippen LogP contribution in [0, 0.1) is 12.8 Å². The third-order valence-electron chi connectivity index (χ3n) is 3.82. The summed E-state index contributed by atoms with van der Waals surface area (Å²) in [5.74, 6) is -1.13. The van der Waals surface area contributed by atoms with E-state index in [9.17, 15) is 13.2 Å². The first-order chi connectivity index (χ1) is 10.8. The van der Waals surface area contributed by atoms with Crippen molar-refractivity contribution in [2.24, 2.45) is 5.92 Å². The van der Waals surface area contributed by atoms with Crippen molar-refractivity contribution in [2.45, 2.75) is 24.8 Å². The Balaban J connectivity index is 2.21. The Hall–Kier alpha value is -1.64. The summed E-state index contributed by atoms with van der Waals surface area (Å²) in [6.07, 6.45) is -0.995. The zero-order valence-electron chi connectivity index (χ0n) is 13.4. The average molecular weight is 343 g/mol. The van der Waals surface area contributed by atoms with Gasteiger partial charge in [0.15, 0.2) is 6.10 Å². The molecule has 1 atom stereocenters. The van der Waals surface area contributed by atoms with Crippen LogP contribution in [0.2, 0.25) is 0 Å². The van der Waals surface area contributed by atoms with Gasteiger partial charge >= 0.3 is 5.97 Å². The van der Waals surface area contributed by atoms with Gasteiger partial charge < -0.3 is 14.6 Å². The third kappa shape index (κ3) is 3.49. The molecule has 7 nitrogen and oxygen atoms in total. The maximum absolute atomic E-state index is 12.7. The minimum absolute atomic E-state index is 0.113. The normalized spacial score (nSPS) is 17.5. The van der Waals surface area contributed by atoms with Crippen molar-refractivity contribution in [1.82, 2.24) is 4.31 Å². The highest BCUT2D eigenvalue weighted by molar-refractivity contribution is 7.89. The second kappa shape index (κ2) is 6.86. The SMILES string of the molecule is CCOc1ccc(C)cc1S(=O)(=O)N1CC(C(OC)C(=O)O)C1. The van der Waals surface area contributed by atoms with Crippen LogP contribution in [-0.4, -0.2) is 56.7 Å². The van der Waals surface area contributed by atoms with Gasteiger partial charge in [0.1, 0.15) is 10.6 Å². The monoisotopic (exact) mass is 343 g/mol. The van der Waals surface area contributed by atoms with Gasteiger partial charge in [-0.1, -0.05) is 6.07 Å². The van der Waals surface area contributed by atoms with Crippen LogP contribution >= 0.6 is 0 Å². The first kappa shape index (κ1) is 17.7. The lowest BCUT2D eigenvalue weighted by Gasteiger charge is -2.40. The summed E-state index contributed by atoms with van der Waals surface area (Å²) in [7, 11) is -2.41. The zero-order chi connectivity index (χ0) is 17.2. The van der Waals surface area contributed by atoms with E-state index in [1.165, 1.54) is 11.4 Å². The molecule has 23 heavy (non-hydrogen) atoms. The molecule has 0 amide bonds. The number of nitrogens with zero attached hydrogens (tertiary/aromatic N) is 1. The van der Waals surface area contributed by atoms with Gasteiger partial charge in [0.05, 0.1) is 6.61 Å². The van der Waals surface area contributed by atoms with Gasteiger partial charge in [-0.15, -0.1) is 0 Å². The summed E-state index contributed by atoms with van der Waals surface area (Å²) in [5, 5.41) is 9.05. The van der Waals surface area contributed by atoms with Crippen molar-refractivity contribution in [1.29, 1.82) is 0 Å². The molecule has 1 aromatic rings. The van der Waals surface area contributed by atoms with E-state index in [-0.39, 0.29) is 23.9 Å². The van der Waals surface area contributed by atoms with Crippen LogP contribution in [0.25, 0.3) is 0 Å². The third-order valence-corrected chi connectivity index (χ3v) is 5.67. The molecule has 8 heteroatoms. The largest absolute Gasteiger partial charge is 0.492 e. The first-order valence-corrected chi connectivity index (χ1v) is 8.74. The summed E-state index contributed by atoms with van der Waals surface area (Å²) in [6, 6.07) is 4.99. The van der Waals surface area contributed by atoms with E-state index in [0.29, 0.717) is 12.4 Å². The Kier molecular flexibility index (Phi) is 5.28. The number of carbonyl (C=O) groups is 1. The fourth-order valence-corrected chi connectivity index (χ4v) is 4.35. The summed E-state index contributed by atoms with van der Waals surface area (Å²) in [6.45, 7) is 4.18. The molecule has 0 aliphatic carbocycles. The maximum atomic E-state index is 12.7. The highest BCUT2D eigenvalue weighted by atomic mass is 32.2. The number of aryl methyl sites for hydroxylation is 1. The van der Waals surface area contributed by atoms with E-state index in [4.69, 9.17) is 14.6 Å². The number of benzene rings is 1. The van der Waals surface area contributed by atoms with E-state index in [1.54, 1.807) is 32.0 Å². The summed E-state index contributed by atoms with van der Waals surface area (Å²) in [4.78, 5) is 11.2. The molecule has 1 N–H and O–H groups in total. The lowest BCUT2D eigenvalue weighted by molar-refractivity contribution is -0.154. The van der Waals surface area contributed by atoms with Gasteiger partial charge in [0, 0.05) is 26.1 Å². The summed E-state index contributed by atoms with van der Waals surface area (Å²) < 4.78 is 37.1. The van der Waals surface area contributed by atoms with Crippen LogP contribution in [0.4, 0.5) is 0 Å². The van der Waals surface area contributed by atoms with Gasteiger partial charge in [-0.3, -0.25) is 0 Å². The molecule has 1 aliphatic rings. The second-order valence-electron chi connectivity index (χ2n) is 5.46. The van der Waals surface area contributed by atoms with E-state index < -0.39 is 22.1 Å². The predicted molar refractivity (Wildman–Crippen MR) is 83.0 cm³/mol. The quantitative estimate of drug-likeness (QED) is 0.797. The molecule has 1 unspecified atom stereocenters. The van der Waals surface area contributed by atoms with Crippen LogP contribution < -0.4 is 4.74 Å². The lowest BCUT2D eigenvalue weighted by Crippen LogP contribution is -2.56. The number of carboxylic acid groups (broad SMARTS) is 1. The van der Waals surface area contributed by atoms with E-state index >= 15 is 0 Å². The molecule has 1 heterocycles. The molecular formula is C15H21NO6S. The van der Waals surface area contributed by atoms with Gasteiger partial charge in [0.2, 0.25) is 10.0 Å². The Morgan fingerprint density at radius 2 is 2.09 bits per heavy atom.